The first-order chi connectivity index (χ1) is 7.68. The van der Waals surface area contributed by atoms with Crippen molar-refractivity contribution in [2.45, 2.75) is 0 Å². The number of hydrogen-bond acceptors (Lipinski definition) is 4. The van der Waals surface area contributed by atoms with E-state index in [0.29, 0.717) is 23.8 Å². The summed E-state index contributed by atoms with van der Waals surface area (Å²) in [4.78, 5) is 2.59. The van der Waals surface area contributed by atoms with Gasteiger partial charge in [-0.25, -0.2) is 0 Å². The Morgan fingerprint density at radius 1 is 1.25 bits per heavy atom. The number of aromatic hydroxyl groups is 2. The van der Waals surface area contributed by atoms with Gasteiger partial charge in [0.1, 0.15) is 16.5 Å². The lowest BCUT2D eigenvalue weighted by Crippen LogP contribution is -2.40. The standard InChI is InChI=1S/C11H13NO3S/c13-8-1-2-9(10(14)7-8)11(16)12-3-5-15-6-4-12/h1-2,7,13-14H,3-6H2. The molecule has 1 aliphatic heterocycles. The average molecular weight is 239 g/mol. The molecule has 1 aromatic carbocycles. The maximum absolute atomic E-state index is 9.69. The second-order valence-electron chi connectivity index (χ2n) is 3.61. The Balaban J connectivity index is 2.19. The maximum atomic E-state index is 9.69. The summed E-state index contributed by atoms with van der Waals surface area (Å²) < 4.78 is 5.23. The van der Waals surface area contributed by atoms with E-state index in [1.807, 2.05) is 4.90 Å². The minimum absolute atomic E-state index is 0.0106. The lowest BCUT2D eigenvalue weighted by atomic mass is 10.1. The van der Waals surface area contributed by atoms with Gasteiger partial charge < -0.3 is 19.8 Å². The van der Waals surface area contributed by atoms with Crippen LogP contribution < -0.4 is 0 Å². The van der Waals surface area contributed by atoms with Gasteiger partial charge in [0.2, 0.25) is 0 Å². The van der Waals surface area contributed by atoms with Gasteiger partial charge in [-0.05, 0) is 12.1 Å². The molecule has 1 aliphatic rings. The number of nitrogens with zero attached hydrogens (tertiary/aromatic N) is 1. The summed E-state index contributed by atoms with van der Waals surface area (Å²) in [6.45, 7) is 2.77. The van der Waals surface area contributed by atoms with Crippen LogP contribution in [0.15, 0.2) is 18.2 Å². The molecule has 0 bridgehead atoms. The first-order valence-corrected chi connectivity index (χ1v) is 5.48. The third kappa shape index (κ3) is 2.25. The number of ether oxygens (including phenoxy) is 1. The molecule has 0 amide bonds. The van der Waals surface area contributed by atoms with E-state index in [4.69, 9.17) is 17.0 Å². The fourth-order valence-electron chi connectivity index (χ4n) is 1.64. The van der Waals surface area contributed by atoms with Gasteiger partial charge in [0.15, 0.2) is 0 Å². The van der Waals surface area contributed by atoms with Crippen LogP contribution in [0.1, 0.15) is 5.56 Å². The SMILES string of the molecule is Oc1ccc(C(=S)N2CCOCC2)c(O)c1. The Labute approximate surface area is 99.1 Å². The largest absolute Gasteiger partial charge is 0.508 e. The predicted molar refractivity (Wildman–Crippen MR) is 63.9 cm³/mol. The van der Waals surface area contributed by atoms with Gasteiger partial charge in [-0.2, -0.15) is 0 Å². The molecule has 1 saturated heterocycles. The van der Waals surface area contributed by atoms with Gasteiger partial charge in [-0.15, -0.1) is 0 Å². The van der Waals surface area contributed by atoms with Gasteiger partial charge in [-0.3, -0.25) is 0 Å². The topological polar surface area (TPSA) is 52.9 Å². The molecule has 5 heteroatoms. The molecule has 1 aromatic rings. The number of thiocarbonyl (C=S) groups is 1. The van der Waals surface area contributed by atoms with E-state index in [0.717, 1.165) is 13.1 Å². The highest BCUT2D eigenvalue weighted by Gasteiger charge is 2.17. The fourth-order valence-corrected chi connectivity index (χ4v) is 1.99. The summed E-state index contributed by atoms with van der Waals surface area (Å²) in [7, 11) is 0. The van der Waals surface area contributed by atoms with E-state index >= 15 is 0 Å². The van der Waals surface area contributed by atoms with Crippen LogP contribution in [0, 0.1) is 0 Å². The van der Waals surface area contributed by atoms with Gasteiger partial charge >= 0.3 is 0 Å². The predicted octanol–water partition coefficient (Wildman–Crippen LogP) is 1.11. The van der Waals surface area contributed by atoms with Crippen LogP contribution >= 0.6 is 12.2 Å². The summed E-state index contributed by atoms with van der Waals surface area (Å²) >= 11 is 5.30. The number of benzene rings is 1. The van der Waals surface area contributed by atoms with Crippen LogP contribution in [0.2, 0.25) is 0 Å². The monoisotopic (exact) mass is 239 g/mol. The number of rotatable bonds is 1. The van der Waals surface area contributed by atoms with Crippen molar-refractivity contribution in [1.82, 2.24) is 4.90 Å². The van der Waals surface area contributed by atoms with Gasteiger partial charge in [0.25, 0.3) is 0 Å². The molecule has 16 heavy (non-hydrogen) atoms. The molecule has 2 rings (SSSR count). The van der Waals surface area contributed by atoms with E-state index in [1.54, 1.807) is 6.07 Å². The van der Waals surface area contributed by atoms with Crippen LogP contribution in [-0.2, 0) is 4.74 Å². The minimum atomic E-state index is 0.0106. The van der Waals surface area contributed by atoms with Crippen molar-refractivity contribution in [3.8, 4) is 11.5 Å². The van der Waals surface area contributed by atoms with Crippen molar-refractivity contribution in [2.24, 2.45) is 0 Å². The second kappa shape index (κ2) is 4.67. The fraction of sp³-hybridized carbons (Fsp3) is 0.364. The van der Waals surface area contributed by atoms with Gasteiger partial charge in [0, 0.05) is 19.2 Å². The molecule has 4 nitrogen and oxygen atoms in total. The highest BCUT2D eigenvalue weighted by Crippen LogP contribution is 2.24. The first-order valence-electron chi connectivity index (χ1n) is 5.07. The minimum Gasteiger partial charge on any atom is -0.508 e. The van der Waals surface area contributed by atoms with Crippen molar-refractivity contribution in [3.05, 3.63) is 23.8 Å². The van der Waals surface area contributed by atoms with Crippen molar-refractivity contribution < 1.29 is 14.9 Å². The van der Waals surface area contributed by atoms with E-state index in [1.165, 1.54) is 12.1 Å². The van der Waals surface area contributed by atoms with E-state index < -0.39 is 0 Å². The van der Waals surface area contributed by atoms with Crippen molar-refractivity contribution in [3.63, 3.8) is 0 Å². The normalized spacial score (nSPS) is 16.1. The molecule has 86 valence electrons. The molecule has 0 atom stereocenters. The van der Waals surface area contributed by atoms with Crippen molar-refractivity contribution in [1.29, 1.82) is 0 Å². The van der Waals surface area contributed by atoms with Crippen LogP contribution in [0.25, 0.3) is 0 Å². The molecule has 0 aliphatic carbocycles. The summed E-state index contributed by atoms with van der Waals surface area (Å²) in [6.07, 6.45) is 0. The quantitative estimate of drug-likeness (QED) is 0.719. The Bertz CT molecular complexity index is 402. The Morgan fingerprint density at radius 2 is 1.94 bits per heavy atom. The Hall–Kier alpha value is -1.33. The van der Waals surface area contributed by atoms with Gasteiger partial charge in [-0.1, -0.05) is 12.2 Å². The third-order valence-corrected chi connectivity index (χ3v) is 2.99. The number of phenolic OH excluding ortho intramolecular Hbond substituents is 2. The van der Waals surface area contributed by atoms with Crippen LogP contribution in [0.5, 0.6) is 11.5 Å². The van der Waals surface area contributed by atoms with Crippen LogP contribution in [-0.4, -0.2) is 46.4 Å². The Kier molecular flexibility index (Phi) is 3.26. The molecule has 0 spiro atoms. The first kappa shape index (κ1) is 11.2. The molecule has 0 aromatic heterocycles. The highest BCUT2D eigenvalue weighted by atomic mass is 32.1. The zero-order valence-electron chi connectivity index (χ0n) is 8.72. The average Bonchev–Trinajstić information content (AvgIpc) is 2.29. The molecule has 0 radical (unpaired) electrons. The summed E-state index contributed by atoms with van der Waals surface area (Å²) in [6, 6.07) is 4.44. The zero-order valence-corrected chi connectivity index (χ0v) is 9.54. The molecule has 0 unspecified atom stereocenters. The van der Waals surface area contributed by atoms with Crippen molar-refractivity contribution in [2.75, 3.05) is 26.3 Å². The highest BCUT2D eigenvalue weighted by molar-refractivity contribution is 7.80. The molecular weight excluding hydrogens is 226 g/mol. The van der Waals surface area contributed by atoms with Gasteiger partial charge in [0.05, 0.1) is 18.8 Å². The van der Waals surface area contributed by atoms with E-state index in [9.17, 15) is 10.2 Å². The molecule has 1 fully saturated rings. The lowest BCUT2D eigenvalue weighted by molar-refractivity contribution is 0.0692. The van der Waals surface area contributed by atoms with Crippen LogP contribution in [0.3, 0.4) is 0 Å². The Morgan fingerprint density at radius 3 is 2.56 bits per heavy atom. The molecule has 0 saturated carbocycles. The number of hydrogen-bond donors (Lipinski definition) is 2. The zero-order chi connectivity index (χ0) is 11.5. The third-order valence-electron chi connectivity index (χ3n) is 2.51. The lowest BCUT2D eigenvalue weighted by Gasteiger charge is -2.29. The molecular formula is C11H13NO3S. The summed E-state index contributed by atoms with van der Waals surface area (Å²) in [5, 5.41) is 18.9. The smallest absolute Gasteiger partial charge is 0.129 e. The van der Waals surface area contributed by atoms with E-state index in [-0.39, 0.29) is 11.5 Å². The van der Waals surface area contributed by atoms with E-state index in [2.05, 4.69) is 0 Å². The molecule has 1 heterocycles. The number of morpholine rings is 1. The maximum Gasteiger partial charge on any atom is 0.129 e. The molecule has 2 N–H and O–H groups in total. The van der Waals surface area contributed by atoms with Crippen molar-refractivity contribution >= 4 is 17.2 Å². The second-order valence-corrected chi connectivity index (χ2v) is 3.99. The summed E-state index contributed by atoms with van der Waals surface area (Å²) in [5.74, 6) is 0.0440. The number of phenols is 2. The summed E-state index contributed by atoms with van der Waals surface area (Å²) in [5.41, 5.74) is 0.578. The van der Waals surface area contributed by atoms with Crippen LogP contribution in [0.4, 0.5) is 0 Å².